The first-order valence-electron chi connectivity index (χ1n) is 36.7. The van der Waals surface area contributed by atoms with E-state index in [1.807, 2.05) is 24.3 Å². The van der Waals surface area contributed by atoms with Gasteiger partial charge in [0.05, 0.1) is 93.4 Å². The molecule has 24 heteroatoms. The van der Waals surface area contributed by atoms with Crippen molar-refractivity contribution in [2.24, 2.45) is 8.73 Å². The SMILES string of the molecule is Oc1c(-c2ccc(/C=C/c3cc(OCCCCCCBr)c(OCCCCCCBr)c(OCCCCCCBr)c3)cc2)sc(-c2c3c(c(-c4sc(-c5ccc(/C=C/c6cc(OCCCCCCBr)c(OCCCCCCBr)c(OCCCCCCBr)c6)cc5)c5c4OCCO5)c4nsnc24)N=S=N3)c1O. The molecule has 2 aliphatic heterocycles. The molecule has 0 atom stereocenters. The molecule has 560 valence electrons. The van der Waals surface area contributed by atoms with Crippen LogP contribution in [0, 0.1) is 0 Å². The Balaban J connectivity index is 0.895. The van der Waals surface area contributed by atoms with Gasteiger partial charge in [-0.15, -0.1) is 22.7 Å². The second kappa shape index (κ2) is 45.5. The maximum atomic E-state index is 12.0. The number of fused-ring (bicyclic) bond motifs is 3. The summed E-state index contributed by atoms with van der Waals surface area (Å²) in [6.07, 6.45) is 34.4. The fourth-order valence-corrected chi connectivity index (χ4v) is 18.0. The molecular formula is C80H94Br6N4O10S4. The van der Waals surface area contributed by atoms with Gasteiger partial charge in [-0.3, -0.25) is 0 Å². The number of halogens is 6. The number of aromatic hydroxyl groups is 2. The van der Waals surface area contributed by atoms with Crippen molar-refractivity contribution in [2.75, 3.05) is 84.8 Å². The zero-order valence-corrected chi connectivity index (χ0v) is 71.7. The standard InChI is InChI=1S/C80H94Br6N4O10S4/c81-37-13-1-7-19-43-93-61-51-57(52-62(94-44-20-8-2-14-38-82)73(61)97-47-23-11-5-17-41-85)27-25-55-29-33-59(34-30-55)77-71(91)72(92)79(101-77)65-67-69(89-103-87-67)66(70-68(65)88-104-90-70)80-76-75(99-49-50-100-76)78(102-80)60-35-31-56(32-36-60)26-28-58-53-63(95-45-21-9-3-15-39-83)74(98-48-24-12-6-18-42-86)64(54-58)96-46-22-10-4-16-40-84/h25-36,51-54,91-92H,1-24,37-50H2/b27-25+,28-26+. The lowest BCUT2D eigenvalue weighted by atomic mass is 9.99. The van der Waals surface area contributed by atoms with Crippen LogP contribution < -0.4 is 37.9 Å². The molecule has 104 heavy (non-hydrogen) atoms. The Kier molecular flexibility index (Phi) is 35.9. The van der Waals surface area contributed by atoms with E-state index in [0.29, 0.717) is 137 Å². The number of nitrogens with zero attached hydrogens (tertiary/aromatic N) is 4. The van der Waals surface area contributed by atoms with Crippen LogP contribution in [0.25, 0.3) is 77.1 Å². The molecule has 0 aliphatic carbocycles. The zero-order chi connectivity index (χ0) is 72.5. The quantitative estimate of drug-likeness (QED) is 0.0211. The summed E-state index contributed by atoms with van der Waals surface area (Å²) >= 11 is 26.4. The fourth-order valence-electron chi connectivity index (χ4n) is 12.1. The van der Waals surface area contributed by atoms with E-state index < -0.39 is 0 Å². The van der Waals surface area contributed by atoms with Gasteiger partial charge in [0.25, 0.3) is 0 Å². The number of unbranched alkanes of at least 4 members (excludes halogenated alkanes) is 18. The monoisotopic (exact) mass is 1870 g/mol. The predicted octanol–water partition coefficient (Wildman–Crippen LogP) is 26.7. The average molecular weight is 1880 g/mol. The minimum atomic E-state index is -0.264. The topological polar surface area (TPSA) is 165 Å². The van der Waals surface area contributed by atoms with Crippen molar-refractivity contribution in [1.29, 1.82) is 0 Å². The van der Waals surface area contributed by atoms with Gasteiger partial charge in [-0.05, 0) is 135 Å². The molecule has 0 spiro atoms. The van der Waals surface area contributed by atoms with E-state index in [4.69, 9.17) is 55.4 Å². The summed E-state index contributed by atoms with van der Waals surface area (Å²) in [7, 11) is 0. The third-order valence-electron chi connectivity index (χ3n) is 17.7. The molecule has 0 radical (unpaired) electrons. The van der Waals surface area contributed by atoms with Gasteiger partial charge in [0.15, 0.2) is 46.0 Å². The minimum Gasteiger partial charge on any atom is -0.503 e. The molecular weight excluding hydrogens is 1780 g/mol. The number of hydrogen-bond donors (Lipinski definition) is 2. The predicted molar refractivity (Wildman–Crippen MR) is 458 cm³/mol. The van der Waals surface area contributed by atoms with Crippen LogP contribution in [0.15, 0.2) is 81.5 Å². The van der Waals surface area contributed by atoms with Crippen molar-refractivity contribution in [1.82, 2.24) is 8.75 Å². The number of benzene rings is 5. The van der Waals surface area contributed by atoms with Gasteiger partial charge < -0.3 is 48.1 Å². The highest BCUT2D eigenvalue weighted by Crippen LogP contribution is 2.62. The van der Waals surface area contributed by atoms with E-state index in [0.717, 1.165) is 258 Å². The number of aromatic nitrogens is 2. The van der Waals surface area contributed by atoms with Gasteiger partial charge in [-0.1, -0.05) is 245 Å². The molecule has 10 rings (SSSR count). The van der Waals surface area contributed by atoms with Crippen LogP contribution in [0.4, 0.5) is 11.4 Å². The van der Waals surface area contributed by atoms with Gasteiger partial charge in [0.2, 0.25) is 11.5 Å². The number of thiophene rings is 2. The van der Waals surface area contributed by atoms with E-state index in [9.17, 15) is 10.2 Å². The summed E-state index contributed by atoms with van der Waals surface area (Å²) < 4.78 is 72.0. The van der Waals surface area contributed by atoms with Gasteiger partial charge in [-0.2, -0.15) is 17.5 Å². The summed E-state index contributed by atoms with van der Waals surface area (Å²) in [5.74, 6) is 4.92. The van der Waals surface area contributed by atoms with E-state index in [1.165, 1.54) is 11.3 Å². The number of hydrogen-bond acceptors (Lipinski definition) is 17. The fraction of sp³-hybridized carbons (Fsp3) is 0.475. The molecule has 5 aromatic carbocycles. The Labute approximate surface area is 680 Å². The van der Waals surface area contributed by atoms with Gasteiger partial charge in [0.1, 0.15) is 35.6 Å². The molecule has 0 saturated heterocycles. The normalized spacial score (nSPS) is 12.5. The van der Waals surface area contributed by atoms with Crippen LogP contribution in [-0.4, -0.2) is 104 Å². The van der Waals surface area contributed by atoms with Crippen LogP contribution in [-0.2, 0) is 11.4 Å². The molecule has 14 nitrogen and oxygen atoms in total. The highest BCUT2D eigenvalue weighted by Gasteiger charge is 2.35. The van der Waals surface area contributed by atoms with Crippen molar-refractivity contribution in [3.8, 4) is 99.3 Å². The van der Waals surface area contributed by atoms with Gasteiger partial charge in [-0.25, -0.2) is 0 Å². The molecule has 0 unspecified atom stereocenters. The third kappa shape index (κ3) is 23.5. The summed E-state index contributed by atoms with van der Waals surface area (Å²) in [5, 5.41) is 29.9. The number of ether oxygens (including phenoxy) is 8. The zero-order valence-electron chi connectivity index (χ0n) is 59.0. The van der Waals surface area contributed by atoms with Crippen molar-refractivity contribution < 1.29 is 48.1 Å². The van der Waals surface area contributed by atoms with Crippen LogP contribution in [0.5, 0.6) is 57.5 Å². The molecule has 5 heterocycles. The van der Waals surface area contributed by atoms with E-state index in [-0.39, 0.29) is 11.5 Å². The average Bonchev–Trinajstić information content (AvgIpc) is 1.55. The van der Waals surface area contributed by atoms with Crippen LogP contribution in [0.2, 0.25) is 0 Å². The smallest absolute Gasteiger partial charge is 0.203 e. The summed E-state index contributed by atoms with van der Waals surface area (Å²) in [6, 6.07) is 24.7. The van der Waals surface area contributed by atoms with Crippen LogP contribution in [0.3, 0.4) is 0 Å². The second-order valence-electron chi connectivity index (χ2n) is 25.6. The molecule has 2 N–H and O–H groups in total. The Hall–Kier alpha value is -4.50. The van der Waals surface area contributed by atoms with E-state index >= 15 is 0 Å². The van der Waals surface area contributed by atoms with Crippen molar-refractivity contribution in [3.05, 3.63) is 95.1 Å². The lowest BCUT2D eigenvalue weighted by molar-refractivity contribution is 0.175. The Morgan fingerprint density at radius 2 is 0.663 bits per heavy atom. The molecule has 8 aromatic rings. The Bertz CT molecular complexity index is 4030. The molecule has 0 amide bonds. The van der Waals surface area contributed by atoms with E-state index in [2.05, 4.69) is 168 Å². The highest BCUT2D eigenvalue weighted by atomic mass is 79.9. The maximum absolute atomic E-state index is 12.0. The lowest BCUT2D eigenvalue weighted by Gasteiger charge is -2.18. The molecule has 0 bridgehead atoms. The van der Waals surface area contributed by atoms with Gasteiger partial charge in [0, 0.05) is 32.0 Å². The van der Waals surface area contributed by atoms with Crippen LogP contribution in [0.1, 0.15) is 176 Å². The van der Waals surface area contributed by atoms with Crippen molar-refractivity contribution in [3.63, 3.8) is 0 Å². The molecule has 0 fully saturated rings. The summed E-state index contributed by atoms with van der Waals surface area (Å²) in [5.41, 5.74) is 9.01. The Morgan fingerprint density at radius 3 is 1.04 bits per heavy atom. The first-order chi connectivity index (χ1) is 51.3. The minimum absolute atomic E-state index is 0.230. The highest BCUT2D eigenvalue weighted by molar-refractivity contribution is 9.10. The number of alkyl halides is 6. The largest absolute Gasteiger partial charge is 0.503 e. The molecule has 2 aliphatic rings. The number of rotatable bonds is 50. The summed E-state index contributed by atoms with van der Waals surface area (Å²) in [6.45, 7) is 4.29. The second-order valence-corrected chi connectivity index (χ2v) is 33.4. The van der Waals surface area contributed by atoms with Crippen molar-refractivity contribution >= 4 is 188 Å². The molecule has 3 aromatic heterocycles. The lowest BCUT2D eigenvalue weighted by Crippen LogP contribution is -2.14. The van der Waals surface area contributed by atoms with Gasteiger partial charge >= 0.3 is 0 Å². The van der Waals surface area contributed by atoms with Crippen LogP contribution >= 0.6 is 130 Å². The maximum Gasteiger partial charge on any atom is 0.203 e. The van der Waals surface area contributed by atoms with Crippen molar-refractivity contribution in [2.45, 2.75) is 154 Å². The summed E-state index contributed by atoms with van der Waals surface area (Å²) in [4.78, 5) is 2.61. The first-order valence-corrected chi connectivity index (χ1v) is 46.5. The first kappa shape index (κ1) is 82.0. The molecule has 0 saturated carbocycles. The van der Waals surface area contributed by atoms with E-state index in [1.54, 1.807) is 11.3 Å². The third-order valence-corrected chi connectivity index (χ3v) is 24.6. The Morgan fingerprint density at radius 1 is 0.356 bits per heavy atom.